The second-order valence-electron chi connectivity index (χ2n) is 5.89. The number of carbonyl (C=O) groups excluding carboxylic acids is 1. The van der Waals surface area contributed by atoms with E-state index >= 15 is 0 Å². The third kappa shape index (κ3) is 5.95. The van der Waals surface area contributed by atoms with Crippen molar-refractivity contribution < 1.29 is 14.1 Å². The Hall–Kier alpha value is -2.50. The molecule has 2 amide bonds. The van der Waals surface area contributed by atoms with Gasteiger partial charge in [0.15, 0.2) is 0 Å². The number of nitrogens with one attached hydrogen (secondary N) is 1. The highest BCUT2D eigenvalue weighted by Crippen LogP contribution is 2.11. The minimum Gasteiger partial charge on any atom is -0.494 e. The van der Waals surface area contributed by atoms with Crippen LogP contribution in [0.3, 0.4) is 0 Å². The first-order valence-electron chi connectivity index (χ1n) is 8.15. The number of amides is 2. The standard InChI is InChI=1S/C18H25N3O3/c1-14-6-8-17(9-7-14)23-11-5-4-10-19-18(22)21(3)13-16-12-15(2)24-20-16/h6-9,12H,4-5,10-11,13H2,1-3H3,(H,19,22). The monoisotopic (exact) mass is 331 g/mol. The SMILES string of the molecule is Cc1ccc(OCCCCNC(=O)N(C)Cc2cc(C)on2)cc1. The van der Waals surface area contributed by atoms with E-state index in [1.807, 2.05) is 44.2 Å². The van der Waals surface area contributed by atoms with E-state index in [-0.39, 0.29) is 6.03 Å². The molecular weight excluding hydrogens is 306 g/mol. The summed E-state index contributed by atoms with van der Waals surface area (Å²) in [6.45, 7) is 5.58. The normalized spacial score (nSPS) is 10.5. The van der Waals surface area contributed by atoms with Crippen molar-refractivity contribution in [3.63, 3.8) is 0 Å². The van der Waals surface area contributed by atoms with Crippen molar-refractivity contribution >= 4 is 6.03 Å². The van der Waals surface area contributed by atoms with Crippen LogP contribution >= 0.6 is 0 Å². The molecule has 0 spiro atoms. The first-order valence-corrected chi connectivity index (χ1v) is 8.15. The van der Waals surface area contributed by atoms with Crippen LogP contribution in [0.1, 0.15) is 29.9 Å². The van der Waals surface area contributed by atoms with Gasteiger partial charge in [0.25, 0.3) is 0 Å². The summed E-state index contributed by atoms with van der Waals surface area (Å²) in [6.07, 6.45) is 1.76. The lowest BCUT2D eigenvalue weighted by Gasteiger charge is -2.16. The first kappa shape index (κ1) is 17.8. The van der Waals surface area contributed by atoms with Crippen LogP contribution in [-0.2, 0) is 6.54 Å². The Morgan fingerprint density at radius 2 is 2.00 bits per heavy atom. The number of nitrogens with zero attached hydrogens (tertiary/aromatic N) is 2. The first-order chi connectivity index (χ1) is 11.5. The summed E-state index contributed by atoms with van der Waals surface area (Å²) in [6, 6.07) is 9.71. The Morgan fingerprint density at radius 1 is 1.25 bits per heavy atom. The third-order valence-electron chi connectivity index (χ3n) is 3.56. The molecule has 0 aliphatic heterocycles. The number of ether oxygens (including phenoxy) is 1. The number of carbonyl (C=O) groups is 1. The maximum absolute atomic E-state index is 12.0. The van der Waals surface area contributed by atoms with Crippen molar-refractivity contribution in [2.24, 2.45) is 0 Å². The van der Waals surface area contributed by atoms with Crippen LogP contribution in [0, 0.1) is 13.8 Å². The van der Waals surface area contributed by atoms with E-state index < -0.39 is 0 Å². The van der Waals surface area contributed by atoms with E-state index in [4.69, 9.17) is 9.26 Å². The van der Waals surface area contributed by atoms with E-state index in [1.54, 1.807) is 11.9 Å². The second-order valence-corrected chi connectivity index (χ2v) is 5.89. The summed E-state index contributed by atoms with van der Waals surface area (Å²) < 4.78 is 10.6. The van der Waals surface area contributed by atoms with E-state index in [1.165, 1.54) is 5.56 Å². The lowest BCUT2D eigenvalue weighted by atomic mass is 10.2. The van der Waals surface area contributed by atoms with Crippen molar-refractivity contribution in [1.82, 2.24) is 15.4 Å². The van der Waals surface area contributed by atoms with Crippen molar-refractivity contribution in [3.8, 4) is 5.75 Å². The van der Waals surface area contributed by atoms with Gasteiger partial charge in [0.1, 0.15) is 17.2 Å². The molecular formula is C18H25N3O3. The van der Waals surface area contributed by atoms with Crippen LogP contribution in [0.25, 0.3) is 0 Å². The van der Waals surface area contributed by atoms with Gasteiger partial charge in [-0.15, -0.1) is 0 Å². The zero-order valence-corrected chi connectivity index (χ0v) is 14.5. The Labute approximate surface area is 142 Å². The fourth-order valence-corrected chi connectivity index (χ4v) is 2.19. The largest absolute Gasteiger partial charge is 0.494 e. The van der Waals surface area contributed by atoms with Crippen molar-refractivity contribution in [2.75, 3.05) is 20.2 Å². The number of urea groups is 1. The number of aryl methyl sites for hydroxylation is 2. The van der Waals surface area contributed by atoms with Crippen LogP contribution in [0.15, 0.2) is 34.9 Å². The van der Waals surface area contributed by atoms with Crippen LogP contribution in [0.5, 0.6) is 5.75 Å². The molecule has 0 unspecified atom stereocenters. The predicted octanol–water partition coefficient (Wildman–Crippen LogP) is 3.29. The number of rotatable bonds is 8. The third-order valence-corrected chi connectivity index (χ3v) is 3.56. The van der Waals surface area contributed by atoms with Gasteiger partial charge in [-0.25, -0.2) is 4.79 Å². The van der Waals surface area contributed by atoms with Crippen LogP contribution in [0.2, 0.25) is 0 Å². The fraction of sp³-hybridized carbons (Fsp3) is 0.444. The van der Waals surface area contributed by atoms with Crippen LogP contribution in [0.4, 0.5) is 4.79 Å². The Morgan fingerprint density at radius 3 is 2.67 bits per heavy atom. The summed E-state index contributed by atoms with van der Waals surface area (Å²) in [5.41, 5.74) is 1.96. The molecule has 0 saturated heterocycles. The lowest BCUT2D eigenvalue weighted by molar-refractivity contribution is 0.205. The molecule has 0 fully saturated rings. The smallest absolute Gasteiger partial charge is 0.317 e. The van der Waals surface area contributed by atoms with Crippen LogP contribution in [-0.4, -0.2) is 36.3 Å². The number of aromatic nitrogens is 1. The molecule has 1 aromatic heterocycles. The van der Waals surface area contributed by atoms with Gasteiger partial charge < -0.3 is 19.5 Å². The van der Waals surface area contributed by atoms with Crippen molar-refractivity contribution in [3.05, 3.63) is 47.3 Å². The highest BCUT2D eigenvalue weighted by atomic mass is 16.5. The molecule has 2 rings (SSSR count). The Bertz CT molecular complexity index is 637. The average Bonchev–Trinajstić information content (AvgIpc) is 2.97. The number of benzene rings is 1. The average molecular weight is 331 g/mol. The lowest BCUT2D eigenvalue weighted by Crippen LogP contribution is -2.37. The summed E-state index contributed by atoms with van der Waals surface area (Å²) in [7, 11) is 1.74. The zero-order valence-electron chi connectivity index (χ0n) is 14.5. The molecule has 1 aromatic carbocycles. The van der Waals surface area contributed by atoms with Gasteiger partial charge in [0, 0.05) is 19.7 Å². The maximum atomic E-state index is 12.0. The topological polar surface area (TPSA) is 67.6 Å². The van der Waals surface area contributed by atoms with E-state index in [0.29, 0.717) is 19.7 Å². The number of hydrogen-bond donors (Lipinski definition) is 1. The zero-order chi connectivity index (χ0) is 17.4. The number of hydrogen-bond acceptors (Lipinski definition) is 4. The highest BCUT2D eigenvalue weighted by Gasteiger charge is 2.10. The molecule has 0 radical (unpaired) electrons. The summed E-state index contributed by atoms with van der Waals surface area (Å²) in [5.74, 6) is 1.62. The Kier molecular flexibility index (Phi) is 6.66. The fourth-order valence-electron chi connectivity index (χ4n) is 2.19. The molecule has 1 heterocycles. The van der Waals surface area contributed by atoms with Gasteiger partial charge in [0.05, 0.1) is 13.2 Å². The van der Waals surface area contributed by atoms with Gasteiger partial charge >= 0.3 is 6.03 Å². The molecule has 0 saturated carbocycles. The predicted molar refractivity (Wildman–Crippen MR) is 92.0 cm³/mol. The van der Waals surface area contributed by atoms with E-state index in [2.05, 4.69) is 10.5 Å². The van der Waals surface area contributed by atoms with Gasteiger partial charge in [0.2, 0.25) is 0 Å². The van der Waals surface area contributed by atoms with Gasteiger partial charge in [-0.1, -0.05) is 22.9 Å². The molecule has 6 nitrogen and oxygen atoms in total. The van der Waals surface area contributed by atoms with Crippen molar-refractivity contribution in [1.29, 1.82) is 0 Å². The summed E-state index contributed by atoms with van der Waals surface area (Å²) in [5, 5.41) is 6.77. The van der Waals surface area contributed by atoms with Gasteiger partial charge in [-0.3, -0.25) is 0 Å². The quantitative estimate of drug-likeness (QED) is 0.754. The molecule has 2 aromatic rings. The minimum atomic E-state index is -0.116. The van der Waals surface area contributed by atoms with Gasteiger partial charge in [-0.2, -0.15) is 0 Å². The van der Waals surface area contributed by atoms with Crippen LogP contribution < -0.4 is 10.1 Å². The molecule has 0 atom stereocenters. The molecule has 0 bridgehead atoms. The van der Waals surface area contributed by atoms with E-state index in [9.17, 15) is 4.79 Å². The maximum Gasteiger partial charge on any atom is 0.317 e. The molecule has 0 aliphatic rings. The van der Waals surface area contributed by atoms with Crippen molar-refractivity contribution in [2.45, 2.75) is 33.2 Å². The molecule has 6 heteroatoms. The summed E-state index contributed by atoms with van der Waals surface area (Å²) >= 11 is 0. The van der Waals surface area contributed by atoms with Gasteiger partial charge in [-0.05, 0) is 38.8 Å². The summed E-state index contributed by atoms with van der Waals surface area (Å²) in [4.78, 5) is 13.5. The molecule has 130 valence electrons. The molecule has 0 aliphatic carbocycles. The second kappa shape index (κ2) is 8.96. The Balaban J connectivity index is 1.56. The highest BCUT2D eigenvalue weighted by molar-refractivity contribution is 5.73. The molecule has 24 heavy (non-hydrogen) atoms. The number of unbranched alkanes of at least 4 members (excludes halogenated alkanes) is 1. The minimum absolute atomic E-state index is 0.116. The van der Waals surface area contributed by atoms with E-state index in [0.717, 1.165) is 30.0 Å². The molecule has 1 N–H and O–H groups in total.